The van der Waals surface area contributed by atoms with Crippen LogP contribution in [0.15, 0.2) is 24.3 Å². The summed E-state index contributed by atoms with van der Waals surface area (Å²) >= 11 is 11.1. The maximum atomic E-state index is 11.2. The fourth-order valence-corrected chi connectivity index (χ4v) is 1.20. The molecule has 0 aromatic heterocycles. The summed E-state index contributed by atoms with van der Waals surface area (Å²) in [6, 6.07) is 6.76. The molecule has 0 saturated carbocycles. The number of halogens is 2. The fraction of sp³-hybridized carbons (Fsp3) is 0.182. The van der Waals surface area contributed by atoms with Gasteiger partial charge in [0.2, 0.25) is 0 Å². The second kappa shape index (κ2) is 11.6. The second-order valence-electron chi connectivity index (χ2n) is 2.70. The summed E-state index contributed by atoms with van der Waals surface area (Å²) in [4.78, 5) is 11.2. The number of alkyl halides is 1. The number of carbonyl (C=O) groups is 1. The number of amides is 1. The maximum Gasteiger partial charge on any atom is 2.00 e. The molecule has 0 aliphatic carbocycles. The topological polar surface area (TPSA) is 38.3 Å². The molecule has 0 atom stereocenters. The average molecular weight is 346 g/mol. The minimum absolute atomic E-state index is 0. The number of benzene rings is 1. The van der Waals surface area contributed by atoms with E-state index in [0.29, 0.717) is 10.7 Å². The number of nitrogens with one attached hydrogen (secondary N) is 1. The number of hydrogen-bond acceptors (Lipinski definition) is 2. The monoisotopic (exact) mass is 345 g/mol. The zero-order chi connectivity index (χ0) is 11.8. The van der Waals surface area contributed by atoms with Gasteiger partial charge in [0.25, 0.3) is 0 Å². The number of rotatable bonds is 2. The van der Waals surface area contributed by atoms with Gasteiger partial charge in [-0.2, -0.15) is 0 Å². The Hall–Kier alpha value is -0.501. The van der Waals surface area contributed by atoms with Crippen molar-refractivity contribution >= 4 is 48.5 Å². The summed E-state index contributed by atoms with van der Waals surface area (Å²) in [5.74, 6) is 5.36. The van der Waals surface area contributed by atoms with E-state index in [-0.39, 0.29) is 43.1 Å². The van der Waals surface area contributed by atoms with Crippen LogP contribution in [-0.4, -0.2) is 18.6 Å². The van der Waals surface area contributed by atoms with Crippen LogP contribution in [0.25, 0.3) is 0 Å². The van der Waals surface area contributed by atoms with Gasteiger partial charge in [-0.3, -0.25) is 5.32 Å². The summed E-state index contributed by atoms with van der Waals surface area (Å²) < 4.78 is 4.76. The van der Waals surface area contributed by atoms with E-state index >= 15 is 0 Å². The first kappa shape index (κ1) is 19.8. The third kappa shape index (κ3) is 8.57. The Morgan fingerprint density at radius 2 is 2.11 bits per heavy atom. The van der Waals surface area contributed by atoms with Crippen molar-refractivity contribution in [2.75, 3.05) is 17.8 Å². The van der Waals surface area contributed by atoms with Crippen molar-refractivity contribution in [2.24, 2.45) is 0 Å². The van der Waals surface area contributed by atoms with Crippen LogP contribution in [0, 0.1) is 11.8 Å². The molecule has 1 rings (SSSR count). The van der Waals surface area contributed by atoms with Crippen molar-refractivity contribution in [3.63, 3.8) is 0 Å². The molecule has 0 aliphatic rings. The van der Waals surface area contributed by atoms with Gasteiger partial charge in [-0.15, -0.1) is 11.6 Å². The van der Waals surface area contributed by atoms with Gasteiger partial charge >= 0.3 is 23.2 Å². The molecule has 18 heavy (non-hydrogen) atoms. The standard InChI is InChI=1S/C11H9Cl2NO2.Fe.S/c12-6-1-2-7-16-11(15)14-10-5-3-4-9(13)8-10;;/h3-5,8H,6-7H2,(H,14,15);;/q;+2;-2. The summed E-state index contributed by atoms with van der Waals surface area (Å²) in [5.41, 5.74) is 0.572. The van der Waals surface area contributed by atoms with Gasteiger partial charge in [0.05, 0.1) is 5.88 Å². The van der Waals surface area contributed by atoms with Gasteiger partial charge in [0, 0.05) is 10.7 Å². The molecule has 0 saturated heterocycles. The Bertz CT molecular complexity index is 435. The minimum Gasteiger partial charge on any atom is -2.00 e. The van der Waals surface area contributed by atoms with Crippen molar-refractivity contribution in [1.82, 2.24) is 0 Å². The van der Waals surface area contributed by atoms with Crippen LogP contribution in [0.3, 0.4) is 0 Å². The third-order valence-corrected chi connectivity index (χ3v) is 1.91. The first-order valence-electron chi connectivity index (χ1n) is 4.43. The fourth-order valence-electron chi connectivity index (χ4n) is 0.920. The van der Waals surface area contributed by atoms with E-state index in [1.165, 1.54) is 0 Å². The molecule has 3 nitrogen and oxygen atoms in total. The van der Waals surface area contributed by atoms with Gasteiger partial charge < -0.3 is 18.2 Å². The Morgan fingerprint density at radius 3 is 2.72 bits per heavy atom. The van der Waals surface area contributed by atoms with E-state index in [1.54, 1.807) is 24.3 Å². The zero-order valence-corrected chi connectivity index (χ0v) is 12.5. The number of ether oxygens (including phenoxy) is 1. The molecule has 1 N–H and O–H groups in total. The first-order chi connectivity index (χ1) is 7.72. The van der Waals surface area contributed by atoms with Crippen molar-refractivity contribution < 1.29 is 26.6 Å². The normalized spacial score (nSPS) is 7.89. The van der Waals surface area contributed by atoms with E-state index in [1.807, 2.05) is 0 Å². The molecule has 1 aromatic rings. The number of carbonyl (C=O) groups excluding carboxylic acids is 1. The molecule has 0 spiro atoms. The summed E-state index contributed by atoms with van der Waals surface area (Å²) in [7, 11) is 0. The van der Waals surface area contributed by atoms with E-state index in [4.69, 9.17) is 27.9 Å². The Kier molecular flexibility index (Phi) is 12.8. The summed E-state index contributed by atoms with van der Waals surface area (Å²) in [5, 5.41) is 3.05. The van der Waals surface area contributed by atoms with E-state index in [2.05, 4.69) is 17.2 Å². The van der Waals surface area contributed by atoms with Crippen LogP contribution in [-0.2, 0) is 35.3 Å². The van der Waals surface area contributed by atoms with Crippen LogP contribution < -0.4 is 5.32 Å². The molecular weight excluding hydrogens is 337 g/mol. The predicted molar refractivity (Wildman–Crippen MR) is 72.3 cm³/mol. The van der Waals surface area contributed by atoms with Crippen LogP contribution in [0.2, 0.25) is 5.02 Å². The van der Waals surface area contributed by atoms with Crippen molar-refractivity contribution in [3.05, 3.63) is 29.3 Å². The summed E-state index contributed by atoms with van der Waals surface area (Å²) in [6.07, 6.45) is -0.578. The molecule has 1 aromatic carbocycles. The van der Waals surface area contributed by atoms with E-state index in [0.717, 1.165) is 0 Å². The first-order valence-corrected chi connectivity index (χ1v) is 5.34. The van der Waals surface area contributed by atoms with Crippen LogP contribution in [0.5, 0.6) is 0 Å². The van der Waals surface area contributed by atoms with Gasteiger partial charge in [0.15, 0.2) is 6.61 Å². The SMILES string of the molecule is O=C(Nc1cccc(Cl)c1)OCC#CCCl.[Fe+2].[S-2]. The second-order valence-corrected chi connectivity index (χ2v) is 3.40. The molecule has 0 fully saturated rings. The van der Waals surface area contributed by atoms with Crippen LogP contribution in [0.4, 0.5) is 10.5 Å². The molecule has 0 heterocycles. The molecule has 7 heteroatoms. The number of anilines is 1. The van der Waals surface area contributed by atoms with Crippen molar-refractivity contribution in [1.29, 1.82) is 0 Å². The van der Waals surface area contributed by atoms with E-state index < -0.39 is 6.09 Å². The molecule has 0 aliphatic heterocycles. The summed E-state index contributed by atoms with van der Waals surface area (Å²) in [6.45, 7) is 0.0130. The number of hydrogen-bond donors (Lipinski definition) is 1. The smallest absolute Gasteiger partial charge is 2.00 e. The zero-order valence-electron chi connectivity index (χ0n) is 9.06. The van der Waals surface area contributed by atoms with Crippen LogP contribution in [0.1, 0.15) is 0 Å². The van der Waals surface area contributed by atoms with E-state index in [9.17, 15) is 4.79 Å². The molecule has 1 amide bonds. The minimum atomic E-state index is -0.578. The quantitative estimate of drug-likeness (QED) is 0.508. The van der Waals surface area contributed by atoms with Crippen molar-refractivity contribution in [2.45, 2.75) is 0 Å². The molecule has 0 unspecified atom stereocenters. The Morgan fingerprint density at radius 1 is 1.39 bits per heavy atom. The Balaban J connectivity index is 0. The van der Waals surface area contributed by atoms with Gasteiger partial charge in [-0.1, -0.05) is 29.5 Å². The van der Waals surface area contributed by atoms with Gasteiger partial charge in [0.1, 0.15) is 0 Å². The molecule has 0 radical (unpaired) electrons. The molecule has 0 bridgehead atoms. The van der Waals surface area contributed by atoms with Crippen molar-refractivity contribution in [3.8, 4) is 11.8 Å². The largest absolute Gasteiger partial charge is 2.00 e. The molecular formula is C11H9Cl2FeNO2S. The van der Waals surface area contributed by atoms with Gasteiger partial charge in [-0.05, 0) is 18.2 Å². The predicted octanol–water partition coefficient (Wildman–Crippen LogP) is 3.13. The third-order valence-electron chi connectivity index (χ3n) is 1.54. The van der Waals surface area contributed by atoms with Crippen LogP contribution >= 0.6 is 23.2 Å². The van der Waals surface area contributed by atoms with Gasteiger partial charge in [-0.25, -0.2) is 4.79 Å². The maximum absolute atomic E-state index is 11.2. The molecule has 98 valence electrons. The Labute approximate surface area is 133 Å². The average Bonchev–Trinajstić information content (AvgIpc) is 2.24.